The first-order valence-corrected chi connectivity index (χ1v) is 7.70. The van der Waals surface area contributed by atoms with E-state index < -0.39 is 12.0 Å². The molecule has 1 aliphatic rings. The molecule has 1 N–H and O–H groups in total. The molecule has 1 aromatic carbocycles. The SMILES string of the molecule is O=C(O)[C@@H]1CCCN1C(=O)c1cnn(-c2cccc(Br)c2)c1. The number of hydrogen-bond donors (Lipinski definition) is 1. The van der Waals surface area contributed by atoms with Crippen molar-refractivity contribution >= 4 is 27.8 Å². The van der Waals surface area contributed by atoms with Crippen molar-refractivity contribution in [3.05, 3.63) is 46.7 Å². The molecule has 2 aromatic rings. The van der Waals surface area contributed by atoms with E-state index in [-0.39, 0.29) is 5.91 Å². The van der Waals surface area contributed by atoms with Crippen molar-refractivity contribution in [1.29, 1.82) is 0 Å². The van der Waals surface area contributed by atoms with Gasteiger partial charge in [0.1, 0.15) is 6.04 Å². The molecule has 0 unspecified atom stereocenters. The standard InChI is InChI=1S/C15H14BrN3O3/c16-11-3-1-4-12(7-11)19-9-10(8-17-19)14(20)18-6-2-5-13(18)15(21)22/h1,3-4,7-9,13H,2,5-6H2,(H,21,22)/t13-/m0/s1. The van der Waals surface area contributed by atoms with E-state index in [9.17, 15) is 14.7 Å². The second kappa shape index (κ2) is 5.92. The number of carboxylic acid groups (broad SMARTS) is 1. The highest BCUT2D eigenvalue weighted by molar-refractivity contribution is 9.10. The lowest BCUT2D eigenvalue weighted by atomic mass is 10.2. The van der Waals surface area contributed by atoms with Crippen LogP contribution in [-0.2, 0) is 4.79 Å². The summed E-state index contributed by atoms with van der Waals surface area (Å²) in [6, 6.07) is 6.81. The fourth-order valence-electron chi connectivity index (χ4n) is 2.63. The number of likely N-dealkylation sites (tertiary alicyclic amines) is 1. The van der Waals surface area contributed by atoms with Crippen LogP contribution in [0.25, 0.3) is 5.69 Å². The van der Waals surface area contributed by atoms with Gasteiger partial charge in [0.15, 0.2) is 0 Å². The third kappa shape index (κ3) is 2.76. The summed E-state index contributed by atoms with van der Waals surface area (Å²) in [5.41, 5.74) is 1.22. The molecule has 0 spiro atoms. The zero-order valence-electron chi connectivity index (χ0n) is 11.6. The second-order valence-corrected chi connectivity index (χ2v) is 6.06. The molecule has 2 heterocycles. The first-order valence-electron chi connectivity index (χ1n) is 6.90. The first-order chi connectivity index (χ1) is 10.6. The summed E-state index contributed by atoms with van der Waals surface area (Å²) in [6.07, 6.45) is 4.31. The highest BCUT2D eigenvalue weighted by atomic mass is 79.9. The molecule has 0 radical (unpaired) electrons. The van der Waals surface area contributed by atoms with Crippen LogP contribution in [-0.4, -0.2) is 44.3 Å². The summed E-state index contributed by atoms with van der Waals surface area (Å²) in [4.78, 5) is 25.1. The van der Waals surface area contributed by atoms with E-state index in [0.717, 1.165) is 10.2 Å². The number of rotatable bonds is 3. The summed E-state index contributed by atoms with van der Waals surface area (Å²) in [5.74, 6) is -1.24. The maximum Gasteiger partial charge on any atom is 0.326 e. The van der Waals surface area contributed by atoms with E-state index in [1.807, 2.05) is 24.3 Å². The number of nitrogens with zero attached hydrogens (tertiary/aromatic N) is 3. The summed E-state index contributed by atoms with van der Waals surface area (Å²) in [5, 5.41) is 13.4. The molecule has 1 aromatic heterocycles. The van der Waals surface area contributed by atoms with Crippen molar-refractivity contribution in [3.8, 4) is 5.69 Å². The number of carboxylic acids is 1. The number of aliphatic carboxylic acids is 1. The average molecular weight is 364 g/mol. The van der Waals surface area contributed by atoms with Crippen LogP contribution in [0.3, 0.4) is 0 Å². The molecule has 6 nitrogen and oxygen atoms in total. The van der Waals surface area contributed by atoms with Crippen molar-refractivity contribution in [2.24, 2.45) is 0 Å². The lowest BCUT2D eigenvalue weighted by Gasteiger charge is -2.20. The van der Waals surface area contributed by atoms with Gasteiger partial charge in [-0.3, -0.25) is 4.79 Å². The molecule has 22 heavy (non-hydrogen) atoms. The van der Waals surface area contributed by atoms with E-state index in [0.29, 0.717) is 24.9 Å². The van der Waals surface area contributed by atoms with Crippen molar-refractivity contribution < 1.29 is 14.7 Å². The molecule has 1 saturated heterocycles. The van der Waals surface area contributed by atoms with Gasteiger partial charge < -0.3 is 10.0 Å². The molecular weight excluding hydrogens is 350 g/mol. The Morgan fingerprint density at radius 3 is 2.91 bits per heavy atom. The molecule has 1 fully saturated rings. The maximum atomic E-state index is 12.5. The quantitative estimate of drug-likeness (QED) is 0.907. The summed E-state index contributed by atoms with van der Waals surface area (Å²) >= 11 is 3.39. The van der Waals surface area contributed by atoms with E-state index in [1.54, 1.807) is 10.9 Å². The minimum atomic E-state index is -0.953. The fourth-order valence-corrected chi connectivity index (χ4v) is 3.01. The van der Waals surface area contributed by atoms with E-state index in [4.69, 9.17) is 0 Å². The number of carbonyl (C=O) groups excluding carboxylic acids is 1. The molecule has 1 atom stereocenters. The third-order valence-corrected chi connectivity index (χ3v) is 4.19. The van der Waals surface area contributed by atoms with Crippen molar-refractivity contribution in [1.82, 2.24) is 14.7 Å². The van der Waals surface area contributed by atoms with Gasteiger partial charge in [-0.05, 0) is 31.0 Å². The molecule has 7 heteroatoms. The number of hydrogen-bond acceptors (Lipinski definition) is 3. The van der Waals surface area contributed by atoms with Gasteiger partial charge in [-0.15, -0.1) is 0 Å². The number of carbonyl (C=O) groups is 2. The number of benzene rings is 1. The first kappa shape index (κ1) is 14.8. The van der Waals surface area contributed by atoms with Crippen LogP contribution in [0.2, 0.25) is 0 Å². The van der Waals surface area contributed by atoms with Crippen LogP contribution >= 0.6 is 15.9 Å². The van der Waals surface area contributed by atoms with E-state index in [2.05, 4.69) is 21.0 Å². The molecular formula is C15H14BrN3O3. The van der Waals surface area contributed by atoms with Gasteiger partial charge in [0.05, 0.1) is 17.4 Å². The fraction of sp³-hybridized carbons (Fsp3) is 0.267. The van der Waals surface area contributed by atoms with Crippen molar-refractivity contribution in [3.63, 3.8) is 0 Å². The Morgan fingerprint density at radius 2 is 2.18 bits per heavy atom. The number of aromatic nitrogens is 2. The highest BCUT2D eigenvalue weighted by Gasteiger charge is 2.34. The van der Waals surface area contributed by atoms with Crippen molar-refractivity contribution in [2.45, 2.75) is 18.9 Å². The number of halogens is 1. The Morgan fingerprint density at radius 1 is 1.36 bits per heavy atom. The zero-order chi connectivity index (χ0) is 15.7. The van der Waals surface area contributed by atoms with Crippen molar-refractivity contribution in [2.75, 3.05) is 6.54 Å². The lowest BCUT2D eigenvalue weighted by molar-refractivity contribution is -0.141. The summed E-state index contributed by atoms with van der Waals surface area (Å²) in [6.45, 7) is 0.470. The minimum Gasteiger partial charge on any atom is -0.480 e. The van der Waals surface area contributed by atoms with Crippen LogP contribution in [0.1, 0.15) is 23.2 Å². The number of amides is 1. The molecule has 114 valence electrons. The molecule has 1 aliphatic heterocycles. The van der Waals surface area contributed by atoms with Crippen LogP contribution in [0.15, 0.2) is 41.1 Å². The lowest BCUT2D eigenvalue weighted by Crippen LogP contribution is -2.40. The van der Waals surface area contributed by atoms with Gasteiger partial charge in [0.2, 0.25) is 0 Å². The van der Waals surface area contributed by atoms with Crippen LogP contribution in [0, 0.1) is 0 Å². The highest BCUT2D eigenvalue weighted by Crippen LogP contribution is 2.21. The van der Waals surface area contributed by atoms with Gasteiger partial charge in [-0.2, -0.15) is 5.10 Å². The zero-order valence-corrected chi connectivity index (χ0v) is 13.2. The third-order valence-electron chi connectivity index (χ3n) is 3.70. The molecule has 3 rings (SSSR count). The molecule has 1 amide bonds. The van der Waals surface area contributed by atoms with Crippen LogP contribution in [0.5, 0.6) is 0 Å². The Kier molecular flexibility index (Phi) is 3.98. The Bertz CT molecular complexity index is 728. The largest absolute Gasteiger partial charge is 0.480 e. The summed E-state index contributed by atoms with van der Waals surface area (Å²) < 4.78 is 2.52. The van der Waals surface area contributed by atoms with E-state index >= 15 is 0 Å². The smallest absolute Gasteiger partial charge is 0.326 e. The summed E-state index contributed by atoms with van der Waals surface area (Å²) in [7, 11) is 0. The van der Waals surface area contributed by atoms with Crippen LogP contribution < -0.4 is 0 Å². The Labute approximate surface area is 135 Å². The van der Waals surface area contributed by atoms with Gasteiger partial charge in [-0.1, -0.05) is 22.0 Å². The molecule has 0 bridgehead atoms. The topological polar surface area (TPSA) is 75.4 Å². The predicted octanol–water partition coefficient (Wildman–Crippen LogP) is 2.32. The van der Waals surface area contributed by atoms with Crippen LogP contribution in [0.4, 0.5) is 0 Å². The molecule has 0 saturated carbocycles. The van der Waals surface area contributed by atoms with Gasteiger partial charge in [-0.25, -0.2) is 9.48 Å². The van der Waals surface area contributed by atoms with Gasteiger partial charge in [0, 0.05) is 17.2 Å². The second-order valence-electron chi connectivity index (χ2n) is 5.15. The Balaban J connectivity index is 1.84. The minimum absolute atomic E-state index is 0.286. The molecule has 0 aliphatic carbocycles. The van der Waals surface area contributed by atoms with Gasteiger partial charge in [0.25, 0.3) is 5.91 Å². The predicted molar refractivity (Wildman–Crippen MR) is 83.0 cm³/mol. The van der Waals surface area contributed by atoms with Gasteiger partial charge >= 0.3 is 5.97 Å². The maximum absolute atomic E-state index is 12.5. The Hall–Kier alpha value is -2.15. The van der Waals surface area contributed by atoms with E-state index in [1.165, 1.54) is 11.1 Å². The monoisotopic (exact) mass is 363 g/mol. The normalized spacial score (nSPS) is 17.7. The average Bonchev–Trinajstić information content (AvgIpc) is 3.16.